The van der Waals surface area contributed by atoms with Gasteiger partial charge in [0.05, 0.1) is 5.75 Å². The van der Waals surface area contributed by atoms with Crippen molar-refractivity contribution in [2.75, 3.05) is 30.5 Å². The number of thioether (sulfide) groups is 1. The number of aromatic nitrogens is 4. The molecule has 0 radical (unpaired) electrons. The first kappa shape index (κ1) is 19.5. The Morgan fingerprint density at radius 1 is 1.31 bits per heavy atom. The van der Waals surface area contributed by atoms with E-state index in [1.807, 2.05) is 0 Å². The van der Waals surface area contributed by atoms with Crippen molar-refractivity contribution < 1.29 is 9.53 Å². The summed E-state index contributed by atoms with van der Waals surface area (Å²) >= 11 is 0.960. The van der Waals surface area contributed by atoms with E-state index in [0.29, 0.717) is 13.0 Å². The maximum absolute atomic E-state index is 12.1. The second kappa shape index (κ2) is 9.01. The number of nitrogens with one attached hydrogen (secondary N) is 3. The lowest BCUT2D eigenvalue weighted by Crippen LogP contribution is -2.33. The number of nitrogen functional groups attached to an aromatic ring is 1. The number of carbonyl (C=O) groups is 1. The molecule has 2 rings (SSSR count). The minimum atomic E-state index is -0.626. The molecule has 0 saturated carbocycles. The molecular weight excluding hydrogens is 364 g/mol. The van der Waals surface area contributed by atoms with Gasteiger partial charge in [0.25, 0.3) is 11.1 Å². The second-order valence-electron chi connectivity index (χ2n) is 5.13. The van der Waals surface area contributed by atoms with Crippen LogP contribution in [0.15, 0.2) is 31.7 Å². The molecule has 0 aliphatic heterocycles. The summed E-state index contributed by atoms with van der Waals surface area (Å²) in [5.41, 5.74) is 3.79. The molecule has 140 valence electrons. The molecule has 0 saturated heterocycles. The number of amides is 1. The molecule has 2 aromatic heterocycles. The largest absolute Gasteiger partial charge is 0.385 e. The topological polar surface area (TPSA) is 165 Å². The SMILES string of the molecule is COCCCn1c(NC(=O)CSc2nc(N)cc(=O)[nH]2)cc(=O)[nH]c1=O. The highest BCUT2D eigenvalue weighted by molar-refractivity contribution is 7.99. The number of methoxy groups -OCH3 is 1. The zero-order chi connectivity index (χ0) is 19.1. The van der Waals surface area contributed by atoms with Gasteiger partial charge in [-0.25, -0.2) is 9.78 Å². The van der Waals surface area contributed by atoms with Gasteiger partial charge in [-0.1, -0.05) is 11.8 Å². The van der Waals surface area contributed by atoms with Gasteiger partial charge in [0, 0.05) is 32.4 Å². The highest BCUT2D eigenvalue weighted by Crippen LogP contribution is 2.12. The van der Waals surface area contributed by atoms with Gasteiger partial charge < -0.3 is 20.8 Å². The minimum Gasteiger partial charge on any atom is -0.385 e. The molecule has 5 N–H and O–H groups in total. The first-order valence-electron chi connectivity index (χ1n) is 7.51. The third kappa shape index (κ3) is 5.60. The van der Waals surface area contributed by atoms with Crippen LogP contribution in [0, 0.1) is 0 Å². The number of ether oxygens (including phenoxy) is 1. The number of rotatable bonds is 8. The van der Waals surface area contributed by atoms with Crippen molar-refractivity contribution in [3.8, 4) is 0 Å². The van der Waals surface area contributed by atoms with Gasteiger partial charge in [-0.05, 0) is 6.42 Å². The van der Waals surface area contributed by atoms with Crippen LogP contribution in [0.25, 0.3) is 0 Å². The molecule has 0 bridgehead atoms. The Labute approximate surface area is 151 Å². The van der Waals surface area contributed by atoms with Gasteiger partial charge in [-0.3, -0.25) is 23.9 Å². The monoisotopic (exact) mass is 382 g/mol. The molecule has 2 aromatic rings. The lowest BCUT2D eigenvalue weighted by atomic mass is 10.4. The molecule has 26 heavy (non-hydrogen) atoms. The van der Waals surface area contributed by atoms with E-state index < -0.39 is 22.7 Å². The summed E-state index contributed by atoms with van der Waals surface area (Å²) in [7, 11) is 1.53. The molecule has 0 spiro atoms. The summed E-state index contributed by atoms with van der Waals surface area (Å²) in [4.78, 5) is 55.4. The zero-order valence-corrected chi connectivity index (χ0v) is 14.7. The molecule has 1 amide bonds. The number of anilines is 2. The van der Waals surface area contributed by atoms with Crippen LogP contribution in [0.5, 0.6) is 0 Å². The van der Waals surface area contributed by atoms with Crippen LogP contribution in [0.3, 0.4) is 0 Å². The summed E-state index contributed by atoms with van der Waals surface area (Å²) in [6.45, 7) is 0.680. The number of aromatic amines is 2. The Bertz CT molecular complexity index is 950. The molecule has 0 aromatic carbocycles. The Kier molecular flexibility index (Phi) is 6.74. The van der Waals surface area contributed by atoms with E-state index in [0.717, 1.165) is 23.9 Å². The number of carbonyl (C=O) groups excluding carboxylic acids is 1. The van der Waals surface area contributed by atoms with E-state index in [4.69, 9.17) is 10.5 Å². The highest BCUT2D eigenvalue weighted by atomic mass is 32.2. The van der Waals surface area contributed by atoms with E-state index >= 15 is 0 Å². The average molecular weight is 382 g/mol. The van der Waals surface area contributed by atoms with Crippen molar-refractivity contribution in [2.45, 2.75) is 18.1 Å². The summed E-state index contributed by atoms with van der Waals surface area (Å²) in [6.07, 6.45) is 0.522. The summed E-state index contributed by atoms with van der Waals surface area (Å²) in [6, 6.07) is 2.25. The minimum absolute atomic E-state index is 0.0400. The number of nitrogens with zero attached hydrogens (tertiary/aromatic N) is 2. The first-order valence-corrected chi connectivity index (χ1v) is 8.50. The zero-order valence-electron chi connectivity index (χ0n) is 13.9. The van der Waals surface area contributed by atoms with Gasteiger partial charge in [0.15, 0.2) is 5.16 Å². The Balaban J connectivity index is 2.08. The predicted molar refractivity (Wildman–Crippen MR) is 96.4 cm³/mol. The van der Waals surface area contributed by atoms with Crippen LogP contribution >= 0.6 is 11.8 Å². The lowest BCUT2D eigenvalue weighted by Gasteiger charge is -2.12. The van der Waals surface area contributed by atoms with Crippen molar-refractivity contribution in [3.05, 3.63) is 43.3 Å². The normalized spacial score (nSPS) is 10.7. The van der Waals surface area contributed by atoms with Crippen molar-refractivity contribution >= 4 is 29.3 Å². The smallest absolute Gasteiger partial charge is 0.329 e. The molecular formula is C14H18N6O5S. The van der Waals surface area contributed by atoms with E-state index in [-0.39, 0.29) is 29.1 Å². The van der Waals surface area contributed by atoms with Crippen molar-refractivity contribution in [2.24, 2.45) is 0 Å². The van der Waals surface area contributed by atoms with E-state index in [1.54, 1.807) is 0 Å². The van der Waals surface area contributed by atoms with Crippen LogP contribution in [0.1, 0.15) is 6.42 Å². The Morgan fingerprint density at radius 3 is 2.73 bits per heavy atom. The van der Waals surface area contributed by atoms with Gasteiger partial charge in [-0.2, -0.15) is 0 Å². The second-order valence-corrected chi connectivity index (χ2v) is 6.10. The fraction of sp³-hybridized carbons (Fsp3) is 0.357. The van der Waals surface area contributed by atoms with E-state index in [9.17, 15) is 19.2 Å². The van der Waals surface area contributed by atoms with Crippen molar-refractivity contribution in [1.82, 2.24) is 19.5 Å². The summed E-state index contributed by atoms with van der Waals surface area (Å²) < 4.78 is 6.17. The van der Waals surface area contributed by atoms with Crippen molar-refractivity contribution in [3.63, 3.8) is 0 Å². The van der Waals surface area contributed by atoms with Crippen LogP contribution in [0.4, 0.5) is 11.6 Å². The molecule has 2 heterocycles. The first-order chi connectivity index (χ1) is 12.4. The molecule has 0 unspecified atom stereocenters. The molecule has 0 atom stereocenters. The molecule has 12 heteroatoms. The number of hydrogen-bond acceptors (Lipinski definition) is 8. The third-order valence-corrected chi connectivity index (χ3v) is 3.98. The van der Waals surface area contributed by atoms with Crippen LogP contribution in [-0.4, -0.2) is 44.9 Å². The lowest BCUT2D eigenvalue weighted by molar-refractivity contribution is -0.113. The third-order valence-electron chi connectivity index (χ3n) is 3.11. The standard InChI is InChI=1S/C14H18N6O5S/c1-25-4-2-3-20-9(6-11(22)19-14(20)24)17-12(23)7-26-13-16-8(15)5-10(21)18-13/h5-6H,2-4,7H2,1H3,(H,17,23)(H,19,22,24)(H3,15,16,18,21). The van der Waals surface area contributed by atoms with Crippen LogP contribution in [0.2, 0.25) is 0 Å². The van der Waals surface area contributed by atoms with Gasteiger partial charge >= 0.3 is 5.69 Å². The maximum atomic E-state index is 12.1. The van der Waals surface area contributed by atoms with Gasteiger partial charge in [0.1, 0.15) is 11.6 Å². The van der Waals surface area contributed by atoms with Gasteiger partial charge in [0.2, 0.25) is 5.91 Å². The van der Waals surface area contributed by atoms with Gasteiger partial charge in [-0.15, -0.1) is 0 Å². The molecule has 0 fully saturated rings. The molecule has 0 aliphatic carbocycles. The maximum Gasteiger partial charge on any atom is 0.329 e. The molecule has 11 nitrogen and oxygen atoms in total. The van der Waals surface area contributed by atoms with Crippen LogP contribution in [-0.2, 0) is 16.1 Å². The average Bonchev–Trinajstić information content (AvgIpc) is 2.54. The quantitative estimate of drug-likeness (QED) is 0.255. The highest BCUT2D eigenvalue weighted by Gasteiger charge is 2.11. The fourth-order valence-corrected chi connectivity index (χ4v) is 2.73. The van der Waals surface area contributed by atoms with Crippen LogP contribution < -0.4 is 27.9 Å². The number of H-pyrrole nitrogens is 2. The predicted octanol–water partition coefficient (Wildman–Crippen LogP) is -1.03. The van der Waals surface area contributed by atoms with E-state index in [2.05, 4.69) is 20.3 Å². The Hall–Kier alpha value is -2.86. The Morgan fingerprint density at radius 2 is 2.04 bits per heavy atom. The molecule has 0 aliphatic rings. The van der Waals surface area contributed by atoms with E-state index in [1.165, 1.54) is 11.7 Å². The van der Waals surface area contributed by atoms with Crippen molar-refractivity contribution in [1.29, 1.82) is 0 Å². The number of hydrogen-bond donors (Lipinski definition) is 4. The summed E-state index contributed by atoms with van der Waals surface area (Å²) in [5.74, 6) is -0.468. The number of nitrogens with two attached hydrogens (primary N) is 1. The summed E-state index contributed by atoms with van der Waals surface area (Å²) in [5, 5.41) is 2.70. The fourth-order valence-electron chi connectivity index (χ4n) is 2.05.